The molecule has 0 atom stereocenters. The molecule has 128 valence electrons. The molecule has 7 nitrogen and oxygen atoms in total. The van der Waals surface area contributed by atoms with Gasteiger partial charge >= 0.3 is 0 Å². The van der Waals surface area contributed by atoms with Gasteiger partial charge in [-0.15, -0.1) is 0 Å². The van der Waals surface area contributed by atoms with Gasteiger partial charge in [0.05, 0.1) is 19.0 Å². The lowest BCUT2D eigenvalue weighted by Gasteiger charge is -2.27. The van der Waals surface area contributed by atoms with E-state index in [0.717, 1.165) is 25.5 Å². The van der Waals surface area contributed by atoms with Crippen LogP contribution in [0.25, 0.3) is 0 Å². The Morgan fingerprint density at radius 2 is 1.95 bits per heavy atom. The smallest absolute Gasteiger partial charge is 0.215 e. The molecule has 22 heavy (non-hydrogen) atoms. The van der Waals surface area contributed by atoms with Gasteiger partial charge in [0, 0.05) is 39.8 Å². The Labute approximate surface area is 133 Å². The van der Waals surface area contributed by atoms with Gasteiger partial charge in [-0.3, -0.25) is 4.99 Å². The van der Waals surface area contributed by atoms with Gasteiger partial charge in [-0.25, -0.2) is 8.42 Å². The molecule has 0 aromatic carbocycles. The van der Waals surface area contributed by atoms with Crippen molar-refractivity contribution < 1.29 is 13.2 Å². The van der Waals surface area contributed by atoms with Gasteiger partial charge < -0.3 is 15.0 Å². The average molecular weight is 332 g/mol. The fourth-order valence-electron chi connectivity index (χ4n) is 2.87. The summed E-state index contributed by atoms with van der Waals surface area (Å²) in [6.07, 6.45) is 1.12. The van der Waals surface area contributed by atoms with Crippen molar-refractivity contribution in [2.75, 3.05) is 58.7 Å². The molecule has 0 aromatic heterocycles. The fraction of sp³-hybridized carbons (Fsp3) is 0.929. The van der Waals surface area contributed by atoms with E-state index < -0.39 is 10.0 Å². The SMILES string of the molecule is CN=C(NCCS(=O)(=O)N1CCOCC1)N1CCC(C)(C)C1. The van der Waals surface area contributed by atoms with Crippen molar-refractivity contribution in [3.8, 4) is 0 Å². The molecule has 0 amide bonds. The number of morpholine rings is 1. The molecular formula is C14H28N4O3S. The Morgan fingerprint density at radius 3 is 2.50 bits per heavy atom. The van der Waals surface area contributed by atoms with Crippen molar-refractivity contribution >= 4 is 16.0 Å². The first-order chi connectivity index (χ1) is 10.3. The number of guanidine groups is 1. The number of aliphatic imine (C=N–C) groups is 1. The topological polar surface area (TPSA) is 74.2 Å². The average Bonchev–Trinajstić information content (AvgIpc) is 2.84. The van der Waals surface area contributed by atoms with E-state index in [0.29, 0.717) is 32.8 Å². The molecule has 2 aliphatic rings. The Bertz CT molecular complexity index is 498. The summed E-state index contributed by atoms with van der Waals surface area (Å²) >= 11 is 0. The van der Waals surface area contributed by atoms with E-state index in [9.17, 15) is 8.42 Å². The van der Waals surface area contributed by atoms with Gasteiger partial charge in [-0.05, 0) is 11.8 Å². The molecule has 0 spiro atoms. The second-order valence-electron chi connectivity index (χ2n) is 6.64. The molecule has 2 aliphatic heterocycles. The lowest BCUT2D eigenvalue weighted by Crippen LogP contribution is -2.46. The van der Waals surface area contributed by atoms with E-state index in [1.54, 1.807) is 7.05 Å². The van der Waals surface area contributed by atoms with Crippen molar-refractivity contribution in [1.29, 1.82) is 0 Å². The number of likely N-dealkylation sites (tertiary alicyclic amines) is 1. The summed E-state index contributed by atoms with van der Waals surface area (Å²) in [6.45, 7) is 8.64. The molecule has 1 N–H and O–H groups in total. The lowest BCUT2D eigenvalue weighted by atomic mass is 9.93. The third kappa shape index (κ3) is 4.57. The van der Waals surface area contributed by atoms with Crippen molar-refractivity contribution in [3.05, 3.63) is 0 Å². The Kier molecular flexibility index (Phi) is 5.68. The van der Waals surface area contributed by atoms with Gasteiger partial charge in [0.25, 0.3) is 0 Å². The van der Waals surface area contributed by atoms with Crippen LogP contribution < -0.4 is 5.32 Å². The zero-order valence-corrected chi connectivity index (χ0v) is 14.7. The molecule has 2 saturated heterocycles. The van der Waals surface area contributed by atoms with Gasteiger partial charge in [0.15, 0.2) is 5.96 Å². The van der Waals surface area contributed by atoms with E-state index in [1.165, 1.54) is 4.31 Å². The first-order valence-electron chi connectivity index (χ1n) is 7.85. The summed E-state index contributed by atoms with van der Waals surface area (Å²) in [5, 5.41) is 3.18. The predicted octanol–water partition coefficient (Wildman–Crippen LogP) is -0.0443. The predicted molar refractivity (Wildman–Crippen MR) is 87.5 cm³/mol. The van der Waals surface area contributed by atoms with E-state index in [2.05, 4.69) is 29.1 Å². The molecule has 2 heterocycles. The molecule has 0 saturated carbocycles. The van der Waals surface area contributed by atoms with Crippen LogP contribution in [0.4, 0.5) is 0 Å². The maximum atomic E-state index is 12.3. The highest BCUT2D eigenvalue weighted by Gasteiger charge is 2.31. The zero-order valence-electron chi connectivity index (χ0n) is 13.8. The summed E-state index contributed by atoms with van der Waals surface area (Å²) in [7, 11) is -1.48. The molecule has 8 heteroatoms. The van der Waals surface area contributed by atoms with Gasteiger partial charge in [-0.2, -0.15) is 4.31 Å². The van der Waals surface area contributed by atoms with Crippen LogP contribution in [0.15, 0.2) is 4.99 Å². The molecule has 0 radical (unpaired) electrons. The minimum atomic E-state index is -3.22. The number of rotatable bonds is 4. The number of nitrogens with one attached hydrogen (secondary N) is 1. The standard InChI is InChI=1S/C14H28N4O3S/c1-14(2)4-6-17(12-14)13(15-3)16-5-11-22(19,20)18-7-9-21-10-8-18/h4-12H2,1-3H3,(H,15,16). The number of nitrogens with zero attached hydrogens (tertiary/aromatic N) is 3. The highest BCUT2D eigenvalue weighted by atomic mass is 32.2. The van der Waals surface area contributed by atoms with E-state index in [4.69, 9.17) is 4.74 Å². The fourth-order valence-corrected chi connectivity index (χ4v) is 4.19. The second-order valence-corrected chi connectivity index (χ2v) is 8.73. The van der Waals surface area contributed by atoms with Crippen LogP contribution in [0.2, 0.25) is 0 Å². The van der Waals surface area contributed by atoms with Crippen LogP contribution in [-0.2, 0) is 14.8 Å². The Balaban J connectivity index is 1.81. The van der Waals surface area contributed by atoms with Crippen LogP contribution in [0.5, 0.6) is 0 Å². The van der Waals surface area contributed by atoms with E-state index in [-0.39, 0.29) is 11.2 Å². The summed E-state index contributed by atoms with van der Waals surface area (Å²) in [5.74, 6) is 0.881. The van der Waals surface area contributed by atoms with Crippen LogP contribution >= 0.6 is 0 Å². The molecule has 0 aliphatic carbocycles. The molecule has 2 rings (SSSR count). The first kappa shape index (κ1) is 17.5. The normalized spacial score (nSPS) is 23.8. The van der Waals surface area contributed by atoms with Crippen LogP contribution in [0.3, 0.4) is 0 Å². The third-order valence-corrected chi connectivity index (χ3v) is 6.07. The van der Waals surface area contributed by atoms with Crippen molar-refractivity contribution in [2.24, 2.45) is 10.4 Å². The molecule has 0 unspecified atom stereocenters. The zero-order chi connectivity index (χ0) is 16.2. The summed E-state index contributed by atoms with van der Waals surface area (Å²) in [5.41, 5.74) is 0.289. The molecule has 2 fully saturated rings. The third-order valence-electron chi connectivity index (χ3n) is 4.20. The molecule has 0 aromatic rings. The van der Waals surface area contributed by atoms with Crippen LogP contribution in [-0.4, -0.2) is 82.3 Å². The monoisotopic (exact) mass is 332 g/mol. The maximum Gasteiger partial charge on any atom is 0.215 e. The highest BCUT2D eigenvalue weighted by Crippen LogP contribution is 2.28. The van der Waals surface area contributed by atoms with Crippen molar-refractivity contribution in [2.45, 2.75) is 20.3 Å². The number of hydrogen-bond acceptors (Lipinski definition) is 4. The summed E-state index contributed by atoms with van der Waals surface area (Å²) in [4.78, 5) is 6.47. The number of hydrogen-bond donors (Lipinski definition) is 1. The van der Waals surface area contributed by atoms with Gasteiger partial charge in [-0.1, -0.05) is 13.8 Å². The van der Waals surface area contributed by atoms with E-state index >= 15 is 0 Å². The maximum absolute atomic E-state index is 12.3. The van der Waals surface area contributed by atoms with Crippen molar-refractivity contribution in [3.63, 3.8) is 0 Å². The van der Waals surface area contributed by atoms with Crippen LogP contribution in [0, 0.1) is 5.41 Å². The lowest BCUT2D eigenvalue weighted by molar-refractivity contribution is 0.0730. The Hall–Kier alpha value is -0.860. The van der Waals surface area contributed by atoms with Gasteiger partial charge in [0.2, 0.25) is 10.0 Å². The summed E-state index contributed by atoms with van der Waals surface area (Å²) < 4.78 is 31.2. The highest BCUT2D eigenvalue weighted by molar-refractivity contribution is 7.89. The molecular weight excluding hydrogens is 304 g/mol. The quantitative estimate of drug-likeness (QED) is 0.577. The largest absolute Gasteiger partial charge is 0.379 e. The number of ether oxygens (including phenoxy) is 1. The number of sulfonamides is 1. The van der Waals surface area contributed by atoms with Gasteiger partial charge in [0.1, 0.15) is 0 Å². The van der Waals surface area contributed by atoms with E-state index in [1.807, 2.05) is 0 Å². The van der Waals surface area contributed by atoms with Crippen molar-refractivity contribution in [1.82, 2.24) is 14.5 Å². The second kappa shape index (κ2) is 7.14. The minimum absolute atomic E-state index is 0.0866. The minimum Gasteiger partial charge on any atom is -0.379 e. The van der Waals surface area contributed by atoms with Crippen LogP contribution in [0.1, 0.15) is 20.3 Å². The Morgan fingerprint density at radius 1 is 1.27 bits per heavy atom. The summed E-state index contributed by atoms with van der Waals surface area (Å²) in [6, 6.07) is 0. The first-order valence-corrected chi connectivity index (χ1v) is 9.46. The molecule has 0 bridgehead atoms.